The molecule has 1 aliphatic heterocycles. The second-order valence-electron chi connectivity index (χ2n) is 5.89. The van der Waals surface area contributed by atoms with Gasteiger partial charge in [0.1, 0.15) is 6.04 Å². The van der Waals surface area contributed by atoms with Crippen molar-refractivity contribution in [2.75, 3.05) is 0 Å². The summed E-state index contributed by atoms with van der Waals surface area (Å²) in [5, 5.41) is 15.4. The molecule has 0 bridgehead atoms. The molecule has 10 heteroatoms. The summed E-state index contributed by atoms with van der Waals surface area (Å²) in [6.07, 6.45) is 1.93. The Morgan fingerprint density at radius 3 is 2.59 bits per heavy atom. The standard InChI is InChI=1S/C17H15Cl2N5O3/c18-13-6-3-11(7-14(13)19)15-8-16(22-21-15)17(25)23-20-9-10-1-4-12(5-2-10)24(26)27/h1-7,9,15-16,21-22H,8H2,(H,23,25)/b20-9+. The van der Waals surface area contributed by atoms with Gasteiger partial charge in [-0.3, -0.25) is 14.9 Å². The van der Waals surface area contributed by atoms with Crippen LogP contribution in [0.2, 0.25) is 10.0 Å². The second kappa shape index (κ2) is 8.45. The number of hydrazone groups is 1. The van der Waals surface area contributed by atoms with E-state index in [0.29, 0.717) is 22.0 Å². The number of benzene rings is 2. The van der Waals surface area contributed by atoms with E-state index in [1.807, 2.05) is 6.07 Å². The molecule has 2 aromatic carbocycles. The summed E-state index contributed by atoms with van der Waals surface area (Å²) in [5.74, 6) is -0.303. The highest BCUT2D eigenvalue weighted by Gasteiger charge is 2.30. The number of nitro groups is 1. The second-order valence-corrected chi connectivity index (χ2v) is 6.70. The molecule has 0 spiro atoms. The number of carbonyl (C=O) groups is 1. The molecule has 3 N–H and O–H groups in total. The summed E-state index contributed by atoms with van der Waals surface area (Å²) in [4.78, 5) is 22.3. The Morgan fingerprint density at radius 1 is 1.19 bits per heavy atom. The van der Waals surface area contributed by atoms with Gasteiger partial charge >= 0.3 is 0 Å². The number of halogens is 2. The summed E-state index contributed by atoms with van der Waals surface area (Å²) in [5.41, 5.74) is 9.96. The SMILES string of the molecule is O=C(N/N=C/c1ccc([N+](=O)[O-])cc1)C1CC(c2ccc(Cl)c(Cl)c2)NN1. The van der Waals surface area contributed by atoms with Crippen LogP contribution in [0, 0.1) is 10.1 Å². The van der Waals surface area contributed by atoms with Gasteiger partial charge in [0.2, 0.25) is 0 Å². The van der Waals surface area contributed by atoms with E-state index in [9.17, 15) is 14.9 Å². The van der Waals surface area contributed by atoms with Crippen molar-refractivity contribution in [1.82, 2.24) is 16.3 Å². The third-order valence-corrected chi connectivity index (χ3v) is 4.80. The molecule has 1 fully saturated rings. The molecule has 3 rings (SSSR count). The first-order valence-electron chi connectivity index (χ1n) is 7.97. The Bertz CT molecular complexity index is 889. The van der Waals surface area contributed by atoms with Crippen molar-refractivity contribution < 1.29 is 9.72 Å². The normalized spacial score (nSPS) is 19.3. The summed E-state index contributed by atoms with van der Waals surface area (Å²) in [6.45, 7) is 0. The topological polar surface area (TPSA) is 109 Å². The lowest BCUT2D eigenvalue weighted by Gasteiger charge is -2.10. The van der Waals surface area contributed by atoms with Gasteiger partial charge in [0.05, 0.1) is 21.2 Å². The van der Waals surface area contributed by atoms with Crippen molar-refractivity contribution in [3.8, 4) is 0 Å². The van der Waals surface area contributed by atoms with Crippen LogP contribution >= 0.6 is 23.2 Å². The average molecular weight is 408 g/mol. The van der Waals surface area contributed by atoms with Gasteiger partial charge in [0.15, 0.2) is 0 Å². The first-order chi connectivity index (χ1) is 12.9. The number of hydrazine groups is 1. The predicted molar refractivity (Wildman–Crippen MR) is 103 cm³/mol. The van der Waals surface area contributed by atoms with Gasteiger partial charge in [-0.15, -0.1) is 0 Å². The molecule has 2 atom stereocenters. The zero-order valence-electron chi connectivity index (χ0n) is 13.9. The zero-order chi connectivity index (χ0) is 19.4. The fraction of sp³-hybridized carbons (Fsp3) is 0.176. The van der Waals surface area contributed by atoms with Gasteiger partial charge in [-0.25, -0.2) is 16.3 Å². The molecule has 8 nitrogen and oxygen atoms in total. The lowest BCUT2D eigenvalue weighted by Crippen LogP contribution is -2.41. The van der Waals surface area contributed by atoms with Gasteiger partial charge in [-0.2, -0.15) is 5.10 Å². The number of amides is 1. The van der Waals surface area contributed by atoms with Crippen molar-refractivity contribution in [2.45, 2.75) is 18.5 Å². The minimum Gasteiger partial charge on any atom is -0.271 e. The molecular weight excluding hydrogens is 393 g/mol. The Balaban J connectivity index is 1.54. The quantitative estimate of drug-likeness (QED) is 0.401. The average Bonchev–Trinajstić information content (AvgIpc) is 3.14. The molecule has 0 saturated carbocycles. The summed E-state index contributed by atoms with van der Waals surface area (Å²) in [6, 6.07) is 10.6. The van der Waals surface area contributed by atoms with Crippen LogP contribution in [0.1, 0.15) is 23.6 Å². The van der Waals surface area contributed by atoms with Crippen molar-refractivity contribution in [2.24, 2.45) is 5.10 Å². The molecule has 0 radical (unpaired) electrons. The van der Waals surface area contributed by atoms with Crippen LogP contribution in [-0.2, 0) is 4.79 Å². The number of hydrogen-bond donors (Lipinski definition) is 3. The number of carbonyl (C=O) groups excluding carboxylic acids is 1. The van der Waals surface area contributed by atoms with E-state index in [1.54, 1.807) is 24.3 Å². The highest BCUT2D eigenvalue weighted by atomic mass is 35.5. The number of nitrogens with one attached hydrogen (secondary N) is 3. The van der Waals surface area contributed by atoms with Crippen molar-refractivity contribution in [1.29, 1.82) is 0 Å². The molecule has 27 heavy (non-hydrogen) atoms. The number of nitrogens with zero attached hydrogens (tertiary/aromatic N) is 2. The van der Waals surface area contributed by atoms with E-state index in [1.165, 1.54) is 18.3 Å². The van der Waals surface area contributed by atoms with Crippen LogP contribution in [0.25, 0.3) is 0 Å². The van der Waals surface area contributed by atoms with Crippen molar-refractivity contribution in [3.05, 3.63) is 73.8 Å². The lowest BCUT2D eigenvalue weighted by atomic mass is 10.0. The van der Waals surface area contributed by atoms with Gasteiger partial charge < -0.3 is 0 Å². The smallest absolute Gasteiger partial charge is 0.269 e. The van der Waals surface area contributed by atoms with E-state index in [-0.39, 0.29) is 17.6 Å². The molecule has 1 heterocycles. The zero-order valence-corrected chi connectivity index (χ0v) is 15.4. The maximum Gasteiger partial charge on any atom is 0.269 e. The lowest BCUT2D eigenvalue weighted by molar-refractivity contribution is -0.384. The minimum atomic E-state index is -0.480. The van der Waals surface area contributed by atoms with Gasteiger partial charge in [-0.05, 0) is 41.8 Å². The highest BCUT2D eigenvalue weighted by molar-refractivity contribution is 6.42. The molecule has 1 saturated heterocycles. The van der Waals surface area contributed by atoms with Crippen LogP contribution < -0.4 is 16.3 Å². The van der Waals surface area contributed by atoms with Crippen LogP contribution in [-0.4, -0.2) is 23.1 Å². The maximum atomic E-state index is 12.2. The van der Waals surface area contributed by atoms with E-state index in [4.69, 9.17) is 23.2 Å². The molecule has 140 valence electrons. The van der Waals surface area contributed by atoms with E-state index >= 15 is 0 Å². The Hall–Kier alpha value is -2.52. The number of hydrogen-bond acceptors (Lipinski definition) is 6. The number of rotatable bonds is 5. The van der Waals surface area contributed by atoms with Crippen molar-refractivity contribution >= 4 is 41.0 Å². The highest BCUT2D eigenvalue weighted by Crippen LogP contribution is 2.29. The monoisotopic (exact) mass is 407 g/mol. The van der Waals surface area contributed by atoms with E-state index in [0.717, 1.165) is 5.56 Å². The van der Waals surface area contributed by atoms with Gasteiger partial charge in [0, 0.05) is 18.2 Å². The molecule has 0 aliphatic carbocycles. The third-order valence-electron chi connectivity index (χ3n) is 4.06. The molecule has 1 amide bonds. The van der Waals surface area contributed by atoms with Crippen molar-refractivity contribution in [3.63, 3.8) is 0 Å². The van der Waals surface area contributed by atoms with Gasteiger partial charge in [0.25, 0.3) is 11.6 Å². The molecule has 2 aromatic rings. The van der Waals surface area contributed by atoms with Crippen LogP contribution in [0.5, 0.6) is 0 Å². The summed E-state index contributed by atoms with van der Waals surface area (Å²) in [7, 11) is 0. The summed E-state index contributed by atoms with van der Waals surface area (Å²) >= 11 is 11.9. The van der Waals surface area contributed by atoms with Gasteiger partial charge in [-0.1, -0.05) is 29.3 Å². The predicted octanol–water partition coefficient (Wildman–Crippen LogP) is 2.96. The third kappa shape index (κ3) is 4.81. The molecular formula is C17H15Cl2N5O3. The summed E-state index contributed by atoms with van der Waals surface area (Å²) < 4.78 is 0. The van der Waals surface area contributed by atoms with Crippen LogP contribution in [0.15, 0.2) is 47.6 Å². The first kappa shape index (κ1) is 19.2. The Kier molecular flexibility index (Phi) is 6.02. The molecule has 1 aliphatic rings. The van der Waals surface area contributed by atoms with Crippen LogP contribution in [0.4, 0.5) is 5.69 Å². The first-order valence-corrected chi connectivity index (χ1v) is 8.73. The largest absolute Gasteiger partial charge is 0.271 e. The van der Waals surface area contributed by atoms with Crippen LogP contribution in [0.3, 0.4) is 0 Å². The Labute approximate surface area is 164 Å². The number of non-ortho nitro benzene ring substituents is 1. The van der Waals surface area contributed by atoms with E-state index in [2.05, 4.69) is 21.4 Å². The fourth-order valence-electron chi connectivity index (χ4n) is 2.61. The maximum absolute atomic E-state index is 12.2. The molecule has 0 aromatic heterocycles. The Morgan fingerprint density at radius 2 is 1.93 bits per heavy atom. The van der Waals surface area contributed by atoms with E-state index < -0.39 is 11.0 Å². The molecule has 2 unspecified atom stereocenters. The minimum absolute atomic E-state index is 0.00856. The fourth-order valence-corrected chi connectivity index (χ4v) is 2.91. The number of nitro benzene ring substituents is 1.